The first kappa shape index (κ1) is 12.7. The zero-order valence-corrected chi connectivity index (χ0v) is 11.4. The molecule has 94 valence electrons. The van der Waals surface area contributed by atoms with Gasteiger partial charge in [-0.15, -0.1) is 6.42 Å². The molecule has 1 aliphatic heterocycles. The fourth-order valence-corrected chi connectivity index (χ4v) is 2.27. The molecule has 0 bridgehead atoms. The van der Waals surface area contributed by atoms with Gasteiger partial charge in [0, 0.05) is 17.4 Å². The summed E-state index contributed by atoms with van der Waals surface area (Å²) in [6.07, 6.45) is 6.41. The van der Waals surface area contributed by atoms with Gasteiger partial charge in [-0.25, -0.2) is 4.99 Å². The number of hydrogen-bond acceptors (Lipinski definition) is 2. The molecule has 1 aromatic carbocycles. The minimum Gasteiger partial charge on any atom is -0.478 e. The zero-order valence-electron chi connectivity index (χ0n) is 11.4. The monoisotopic (exact) mass is 241 g/mol. The quantitative estimate of drug-likeness (QED) is 0.685. The lowest BCUT2D eigenvalue weighted by Crippen LogP contribution is -2.28. The predicted octanol–water partition coefficient (Wildman–Crippen LogP) is 3.80. The molecule has 0 amide bonds. The molecule has 2 nitrogen and oxygen atoms in total. The number of ether oxygens (including phenoxy) is 1. The Hall–Kier alpha value is -1.75. The lowest BCUT2D eigenvalue weighted by molar-refractivity contribution is 0.214. The van der Waals surface area contributed by atoms with Gasteiger partial charge in [0.25, 0.3) is 0 Å². The first-order valence-electron chi connectivity index (χ1n) is 6.28. The predicted molar refractivity (Wildman–Crippen MR) is 75.3 cm³/mol. The average molecular weight is 241 g/mol. The van der Waals surface area contributed by atoms with E-state index < -0.39 is 0 Å². The van der Waals surface area contributed by atoms with Crippen LogP contribution in [0.5, 0.6) is 0 Å². The van der Waals surface area contributed by atoms with Gasteiger partial charge < -0.3 is 4.74 Å². The van der Waals surface area contributed by atoms with E-state index in [4.69, 9.17) is 11.2 Å². The number of fused-ring (bicyclic) bond motifs is 1. The molecule has 0 fully saturated rings. The van der Waals surface area contributed by atoms with Crippen molar-refractivity contribution >= 4 is 11.6 Å². The van der Waals surface area contributed by atoms with Crippen molar-refractivity contribution in [2.45, 2.75) is 45.6 Å². The summed E-state index contributed by atoms with van der Waals surface area (Å²) in [5.74, 6) is 3.45. The number of aliphatic imine (C=N–C) groups is 1. The highest BCUT2D eigenvalue weighted by Gasteiger charge is 2.30. The van der Waals surface area contributed by atoms with Gasteiger partial charge in [-0.3, -0.25) is 0 Å². The number of benzene rings is 1. The summed E-state index contributed by atoms with van der Waals surface area (Å²) in [7, 11) is 0. The Balaban J connectivity index is 2.48. The third kappa shape index (κ3) is 2.41. The van der Waals surface area contributed by atoms with Crippen molar-refractivity contribution in [1.82, 2.24) is 0 Å². The summed E-state index contributed by atoms with van der Waals surface area (Å²) in [4.78, 5) is 4.59. The molecular weight excluding hydrogens is 222 g/mol. The largest absolute Gasteiger partial charge is 0.478 e. The van der Waals surface area contributed by atoms with E-state index in [1.807, 2.05) is 26.0 Å². The summed E-state index contributed by atoms with van der Waals surface area (Å²) in [5, 5.41) is 0. The van der Waals surface area contributed by atoms with E-state index >= 15 is 0 Å². The van der Waals surface area contributed by atoms with Crippen molar-refractivity contribution in [3.8, 4) is 12.3 Å². The maximum Gasteiger partial charge on any atom is 0.189 e. The summed E-state index contributed by atoms with van der Waals surface area (Å²) in [6, 6.07) is 6.02. The van der Waals surface area contributed by atoms with Crippen LogP contribution >= 0.6 is 0 Å². The van der Waals surface area contributed by atoms with E-state index in [1.165, 1.54) is 5.56 Å². The van der Waals surface area contributed by atoms with Crippen LogP contribution in [0.4, 0.5) is 5.69 Å². The lowest BCUT2D eigenvalue weighted by Gasteiger charge is -2.31. The van der Waals surface area contributed by atoms with E-state index in [2.05, 4.69) is 30.8 Å². The Labute approximate surface area is 109 Å². The Morgan fingerprint density at radius 1 is 1.39 bits per heavy atom. The van der Waals surface area contributed by atoms with Crippen molar-refractivity contribution in [1.29, 1.82) is 0 Å². The summed E-state index contributed by atoms with van der Waals surface area (Å²) in [5.41, 5.74) is 3.07. The van der Waals surface area contributed by atoms with Gasteiger partial charge in [-0.05, 0) is 31.5 Å². The van der Waals surface area contributed by atoms with Gasteiger partial charge >= 0.3 is 0 Å². The second-order valence-corrected chi connectivity index (χ2v) is 5.61. The van der Waals surface area contributed by atoms with E-state index in [0.717, 1.165) is 23.6 Å². The van der Waals surface area contributed by atoms with Crippen molar-refractivity contribution in [3.63, 3.8) is 0 Å². The number of hydrogen-bond donors (Lipinski definition) is 0. The van der Waals surface area contributed by atoms with Crippen molar-refractivity contribution in [2.24, 2.45) is 4.99 Å². The third-order valence-electron chi connectivity index (χ3n) is 3.10. The molecule has 0 unspecified atom stereocenters. The molecule has 0 aliphatic carbocycles. The number of terminal acetylenes is 1. The van der Waals surface area contributed by atoms with Crippen LogP contribution in [0.1, 0.15) is 45.2 Å². The lowest BCUT2D eigenvalue weighted by atomic mass is 9.78. The minimum absolute atomic E-state index is 0.0361. The SMILES string of the molecule is C#Cc1ccc2c(c1)N=C(OC(C)C)CC2(C)C. The van der Waals surface area contributed by atoms with Crippen LogP contribution in [0, 0.1) is 12.3 Å². The smallest absolute Gasteiger partial charge is 0.189 e. The molecule has 2 rings (SSSR count). The standard InChI is InChI=1S/C16H19NO/c1-6-12-7-8-13-14(9-12)17-15(18-11(2)3)10-16(13,4)5/h1,7-9,11H,10H2,2-5H3. The van der Waals surface area contributed by atoms with Crippen molar-refractivity contribution < 1.29 is 4.74 Å². The van der Waals surface area contributed by atoms with Gasteiger partial charge in [-0.1, -0.05) is 25.8 Å². The van der Waals surface area contributed by atoms with Crippen LogP contribution in [0.3, 0.4) is 0 Å². The Bertz CT molecular complexity index is 533. The highest BCUT2D eigenvalue weighted by atomic mass is 16.5. The molecule has 0 aromatic heterocycles. The number of nitrogens with zero attached hydrogens (tertiary/aromatic N) is 1. The molecule has 18 heavy (non-hydrogen) atoms. The fourth-order valence-electron chi connectivity index (χ4n) is 2.27. The molecular formula is C16H19NO. The van der Waals surface area contributed by atoms with Crippen molar-refractivity contribution in [2.75, 3.05) is 0 Å². The second kappa shape index (κ2) is 4.49. The van der Waals surface area contributed by atoms with Gasteiger partial charge in [0.05, 0.1) is 11.8 Å². The molecule has 1 aliphatic rings. The molecule has 1 heterocycles. The second-order valence-electron chi connectivity index (χ2n) is 5.61. The first-order chi connectivity index (χ1) is 8.42. The number of rotatable bonds is 1. The van der Waals surface area contributed by atoms with Gasteiger partial charge in [0.2, 0.25) is 0 Å². The van der Waals surface area contributed by atoms with E-state index in [9.17, 15) is 0 Å². The molecule has 0 N–H and O–H groups in total. The molecule has 0 saturated heterocycles. The van der Waals surface area contributed by atoms with Crippen LogP contribution in [0.25, 0.3) is 0 Å². The molecule has 0 spiro atoms. The van der Waals surface area contributed by atoms with Gasteiger partial charge in [0.15, 0.2) is 5.90 Å². The molecule has 1 aromatic rings. The summed E-state index contributed by atoms with van der Waals surface area (Å²) < 4.78 is 5.76. The van der Waals surface area contributed by atoms with E-state index in [-0.39, 0.29) is 11.5 Å². The van der Waals surface area contributed by atoms with Crippen LogP contribution in [0.2, 0.25) is 0 Å². The van der Waals surface area contributed by atoms with Crippen LogP contribution < -0.4 is 0 Å². The highest BCUT2D eigenvalue weighted by Crippen LogP contribution is 2.39. The van der Waals surface area contributed by atoms with E-state index in [1.54, 1.807) is 0 Å². The zero-order chi connectivity index (χ0) is 13.3. The third-order valence-corrected chi connectivity index (χ3v) is 3.10. The Morgan fingerprint density at radius 3 is 2.72 bits per heavy atom. The molecule has 0 atom stereocenters. The van der Waals surface area contributed by atoms with Crippen LogP contribution in [-0.2, 0) is 10.2 Å². The highest BCUT2D eigenvalue weighted by molar-refractivity contribution is 5.84. The van der Waals surface area contributed by atoms with Crippen LogP contribution in [-0.4, -0.2) is 12.0 Å². The normalized spacial score (nSPS) is 16.8. The first-order valence-corrected chi connectivity index (χ1v) is 6.28. The van der Waals surface area contributed by atoms with E-state index in [0.29, 0.717) is 0 Å². The average Bonchev–Trinajstić information content (AvgIpc) is 2.26. The Kier molecular flexibility index (Phi) is 3.17. The van der Waals surface area contributed by atoms with Gasteiger partial charge in [0.1, 0.15) is 0 Å². The molecule has 0 radical (unpaired) electrons. The molecule has 2 heteroatoms. The van der Waals surface area contributed by atoms with Crippen molar-refractivity contribution in [3.05, 3.63) is 29.3 Å². The molecule has 0 saturated carbocycles. The van der Waals surface area contributed by atoms with Gasteiger partial charge in [-0.2, -0.15) is 0 Å². The van der Waals surface area contributed by atoms with Crippen LogP contribution in [0.15, 0.2) is 23.2 Å². The maximum absolute atomic E-state index is 5.76. The Morgan fingerprint density at radius 2 is 2.11 bits per heavy atom. The minimum atomic E-state index is 0.0361. The summed E-state index contributed by atoms with van der Waals surface area (Å²) >= 11 is 0. The maximum atomic E-state index is 5.76. The topological polar surface area (TPSA) is 21.6 Å². The summed E-state index contributed by atoms with van der Waals surface area (Å²) in [6.45, 7) is 8.45. The fraction of sp³-hybridized carbons (Fsp3) is 0.438.